The number of nitriles is 2. The minimum absolute atomic E-state index is 0.148. The van der Waals surface area contributed by atoms with E-state index in [1.165, 1.54) is 6.20 Å². The van der Waals surface area contributed by atoms with Gasteiger partial charge in [0.25, 0.3) is 5.89 Å². The molecule has 26 heavy (non-hydrogen) atoms. The Bertz CT molecular complexity index is 1030. The lowest BCUT2D eigenvalue weighted by molar-refractivity contribution is 0.339. The van der Waals surface area contributed by atoms with Gasteiger partial charge in [-0.1, -0.05) is 5.16 Å². The standard InChI is InChI=1S/C17H12N8O/c18-8-13-6-11(3-4-20-13)14-7-12(9-21-23-14)17-22-16(24-26-17)15-2-1-5-25(15)10-19/h3-4,6-7,9,15H,1-2,5H2/t15-/m0/s1. The number of nitrogens with zero attached hydrogens (tertiary/aromatic N) is 8. The molecule has 0 amide bonds. The van der Waals surface area contributed by atoms with Gasteiger partial charge in [0, 0.05) is 18.3 Å². The summed E-state index contributed by atoms with van der Waals surface area (Å²) in [6, 6.07) is 6.99. The molecule has 3 aromatic heterocycles. The van der Waals surface area contributed by atoms with Crippen molar-refractivity contribution < 1.29 is 4.52 Å². The third-order valence-corrected chi connectivity index (χ3v) is 4.19. The maximum atomic E-state index is 9.17. The first-order valence-electron chi connectivity index (χ1n) is 7.98. The van der Waals surface area contributed by atoms with Crippen molar-refractivity contribution in [1.29, 1.82) is 10.5 Å². The molecule has 4 heterocycles. The van der Waals surface area contributed by atoms with Crippen LogP contribution < -0.4 is 0 Å². The van der Waals surface area contributed by atoms with E-state index in [4.69, 9.17) is 9.78 Å². The lowest BCUT2D eigenvalue weighted by atomic mass is 10.1. The Hall–Kier alpha value is -3.85. The van der Waals surface area contributed by atoms with E-state index in [1.54, 1.807) is 29.3 Å². The summed E-state index contributed by atoms with van der Waals surface area (Å²) in [5.41, 5.74) is 2.20. The highest BCUT2D eigenvalue weighted by Crippen LogP contribution is 2.31. The van der Waals surface area contributed by atoms with Crippen molar-refractivity contribution in [2.45, 2.75) is 18.9 Å². The highest BCUT2D eigenvalue weighted by atomic mass is 16.5. The molecule has 126 valence electrons. The van der Waals surface area contributed by atoms with E-state index in [1.807, 2.05) is 6.07 Å². The molecule has 4 rings (SSSR count). The van der Waals surface area contributed by atoms with E-state index >= 15 is 0 Å². The Balaban J connectivity index is 1.65. The van der Waals surface area contributed by atoms with Crippen LogP contribution in [0.3, 0.4) is 0 Å². The smallest absolute Gasteiger partial charge is 0.259 e. The largest absolute Gasteiger partial charge is 0.334 e. The molecule has 0 aromatic carbocycles. The van der Waals surface area contributed by atoms with Crippen LogP contribution in [0, 0.1) is 22.8 Å². The molecule has 0 saturated carbocycles. The van der Waals surface area contributed by atoms with Gasteiger partial charge in [0.2, 0.25) is 0 Å². The van der Waals surface area contributed by atoms with Crippen molar-refractivity contribution in [2.24, 2.45) is 0 Å². The molecule has 1 aliphatic heterocycles. The second-order valence-corrected chi connectivity index (χ2v) is 5.78. The van der Waals surface area contributed by atoms with Gasteiger partial charge in [-0.05, 0) is 31.0 Å². The molecular formula is C17H12N8O. The minimum atomic E-state index is -0.148. The first-order valence-corrected chi connectivity index (χ1v) is 7.98. The predicted octanol–water partition coefficient (Wildman–Crippen LogP) is 2.08. The zero-order valence-corrected chi connectivity index (χ0v) is 13.6. The lowest BCUT2D eigenvalue weighted by Gasteiger charge is -2.13. The van der Waals surface area contributed by atoms with Crippen LogP contribution >= 0.6 is 0 Å². The second kappa shape index (κ2) is 6.57. The Labute approximate surface area is 148 Å². The molecule has 9 nitrogen and oxygen atoms in total. The molecule has 0 aliphatic carbocycles. The monoisotopic (exact) mass is 344 g/mol. The minimum Gasteiger partial charge on any atom is -0.334 e. The summed E-state index contributed by atoms with van der Waals surface area (Å²) in [6.45, 7) is 0.704. The quantitative estimate of drug-likeness (QED) is 0.655. The lowest BCUT2D eigenvalue weighted by Crippen LogP contribution is -2.17. The zero-order valence-electron chi connectivity index (χ0n) is 13.6. The fourth-order valence-electron chi connectivity index (χ4n) is 2.92. The van der Waals surface area contributed by atoms with Crippen molar-refractivity contribution in [3.05, 3.63) is 42.1 Å². The molecule has 1 atom stereocenters. The van der Waals surface area contributed by atoms with E-state index in [9.17, 15) is 5.26 Å². The molecule has 0 radical (unpaired) electrons. The maximum Gasteiger partial charge on any atom is 0.259 e. The van der Waals surface area contributed by atoms with E-state index in [2.05, 4.69) is 31.5 Å². The third-order valence-electron chi connectivity index (χ3n) is 4.19. The summed E-state index contributed by atoms with van der Waals surface area (Å²) in [5.74, 6) is 0.809. The summed E-state index contributed by atoms with van der Waals surface area (Å²) >= 11 is 0. The first kappa shape index (κ1) is 15.7. The van der Waals surface area contributed by atoms with Gasteiger partial charge in [-0.25, -0.2) is 4.98 Å². The summed E-state index contributed by atoms with van der Waals surface area (Å²) in [7, 11) is 0. The molecule has 0 spiro atoms. The van der Waals surface area contributed by atoms with Gasteiger partial charge in [0.1, 0.15) is 17.8 Å². The van der Waals surface area contributed by atoms with Crippen LogP contribution in [0.2, 0.25) is 0 Å². The second-order valence-electron chi connectivity index (χ2n) is 5.78. The van der Waals surface area contributed by atoms with Crippen LogP contribution in [0.5, 0.6) is 0 Å². The Morgan fingerprint density at radius 3 is 3.00 bits per heavy atom. The van der Waals surface area contributed by atoms with Crippen LogP contribution in [0.4, 0.5) is 0 Å². The van der Waals surface area contributed by atoms with Crippen molar-refractivity contribution in [3.63, 3.8) is 0 Å². The molecule has 0 bridgehead atoms. The van der Waals surface area contributed by atoms with Gasteiger partial charge in [-0.15, -0.1) is 0 Å². The van der Waals surface area contributed by atoms with Crippen molar-refractivity contribution >= 4 is 0 Å². The van der Waals surface area contributed by atoms with Crippen molar-refractivity contribution in [3.8, 4) is 35.0 Å². The average molecular weight is 344 g/mol. The zero-order chi connectivity index (χ0) is 17.9. The molecule has 1 aliphatic rings. The van der Waals surface area contributed by atoms with Gasteiger partial charge in [0.05, 0.1) is 17.5 Å². The summed E-state index contributed by atoms with van der Waals surface area (Å²) in [4.78, 5) is 10.0. The van der Waals surface area contributed by atoms with E-state index in [0.717, 1.165) is 18.4 Å². The summed E-state index contributed by atoms with van der Waals surface area (Å²) < 4.78 is 5.36. The maximum absolute atomic E-state index is 9.17. The molecule has 3 aromatic rings. The SMILES string of the molecule is N#Cc1cc(-c2cc(-c3nc([C@@H]4CCCN4C#N)no3)cnn2)ccn1. The van der Waals surface area contributed by atoms with Crippen molar-refractivity contribution in [2.75, 3.05) is 6.54 Å². The number of pyridine rings is 1. The van der Waals surface area contributed by atoms with Gasteiger partial charge in [-0.3, -0.25) is 4.90 Å². The molecule has 0 N–H and O–H groups in total. The van der Waals surface area contributed by atoms with Crippen LogP contribution in [0.25, 0.3) is 22.7 Å². The normalized spacial score (nSPS) is 16.2. The van der Waals surface area contributed by atoms with Crippen LogP contribution in [-0.4, -0.2) is 36.8 Å². The molecule has 0 unspecified atom stereocenters. The van der Waals surface area contributed by atoms with E-state index < -0.39 is 0 Å². The topological polar surface area (TPSA) is 128 Å². The Morgan fingerprint density at radius 1 is 1.23 bits per heavy atom. The van der Waals surface area contributed by atoms with Crippen LogP contribution in [-0.2, 0) is 0 Å². The molecule has 1 saturated heterocycles. The summed E-state index contributed by atoms with van der Waals surface area (Å²) in [6.07, 6.45) is 6.98. The highest BCUT2D eigenvalue weighted by molar-refractivity contribution is 5.65. The van der Waals surface area contributed by atoms with E-state index in [-0.39, 0.29) is 6.04 Å². The van der Waals surface area contributed by atoms with Gasteiger partial charge >= 0.3 is 0 Å². The number of likely N-dealkylation sites (tertiary alicyclic amines) is 1. The highest BCUT2D eigenvalue weighted by Gasteiger charge is 2.29. The number of hydrogen-bond donors (Lipinski definition) is 0. The predicted molar refractivity (Wildman–Crippen MR) is 87.6 cm³/mol. The fraction of sp³-hybridized carbons (Fsp3) is 0.235. The van der Waals surface area contributed by atoms with Gasteiger partial charge in [-0.2, -0.15) is 25.7 Å². The van der Waals surface area contributed by atoms with Crippen LogP contribution in [0.15, 0.2) is 35.1 Å². The average Bonchev–Trinajstić information content (AvgIpc) is 3.37. The van der Waals surface area contributed by atoms with Crippen molar-refractivity contribution in [1.82, 2.24) is 30.2 Å². The van der Waals surface area contributed by atoms with Gasteiger partial charge < -0.3 is 4.52 Å². The summed E-state index contributed by atoms with van der Waals surface area (Å²) in [5, 5.41) is 30.3. The third kappa shape index (κ3) is 2.82. The fourth-order valence-corrected chi connectivity index (χ4v) is 2.92. The van der Waals surface area contributed by atoms with Gasteiger partial charge in [0.15, 0.2) is 12.0 Å². The van der Waals surface area contributed by atoms with Crippen LogP contribution in [0.1, 0.15) is 30.4 Å². The first-order chi connectivity index (χ1) is 12.8. The number of aromatic nitrogens is 5. The Morgan fingerprint density at radius 2 is 2.15 bits per heavy atom. The number of rotatable bonds is 3. The molecule has 1 fully saturated rings. The Kier molecular flexibility index (Phi) is 3.96. The number of hydrogen-bond acceptors (Lipinski definition) is 9. The molecular weight excluding hydrogens is 332 g/mol. The molecule has 9 heteroatoms. The van der Waals surface area contributed by atoms with E-state index in [0.29, 0.717) is 35.2 Å².